The molecule has 0 saturated carbocycles. The predicted molar refractivity (Wildman–Crippen MR) is 122 cm³/mol. The van der Waals surface area contributed by atoms with Crippen LogP contribution in [0.25, 0.3) is 10.9 Å². The summed E-state index contributed by atoms with van der Waals surface area (Å²) >= 11 is 0. The van der Waals surface area contributed by atoms with Gasteiger partial charge in [0.05, 0.1) is 5.52 Å². The number of piperidine rings is 1. The molecular weight excluding hydrogens is 390 g/mol. The van der Waals surface area contributed by atoms with Crippen LogP contribution in [0.4, 0.5) is 0 Å². The minimum atomic E-state index is -0.155. The molecule has 1 aliphatic rings. The second-order valence-electron chi connectivity index (χ2n) is 8.16. The van der Waals surface area contributed by atoms with Crippen LogP contribution < -0.4 is 10.3 Å². The number of likely N-dealkylation sites (N-methyl/N-ethyl adjacent to an activating group) is 1. The highest BCUT2D eigenvalue weighted by Crippen LogP contribution is 2.23. The third-order valence-electron chi connectivity index (χ3n) is 6.11. The van der Waals surface area contributed by atoms with Gasteiger partial charge in [-0.2, -0.15) is 0 Å². The summed E-state index contributed by atoms with van der Waals surface area (Å²) in [5.74, 6) is 0.615. The van der Waals surface area contributed by atoms with Gasteiger partial charge in [0.25, 0.3) is 5.91 Å². The fraction of sp³-hybridized carbons (Fsp3) is 0.360. The van der Waals surface area contributed by atoms with Gasteiger partial charge in [-0.05, 0) is 50.1 Å². The van der Waals surface area contributed by atoms with Gasteiger partial charge in [0, 0.05) is 37.1 Å². The largest absolute Gasteiger partial charge is 0.483 e. The number of pyridine rings is 1. The summed E-state index contributed by atoms with van der Waals surface area (Å²) in [5, 5.41) is 0.800. The first kappa shape index (κ1) is 21.1. The fourth-order valence-corrected chi connectivity index (χ4v) is 4.20. The van der Waals surface area contributed by atoms with Gasteiger partial charge < -0.3 is 19.5 Å². The molecular formula is C25H29N3O3. The Labute approximate surface area is 182 Å². The zero-order valence-electron chi connectivity index (χ0n) is 17.9. The molecule has 2 heterocycles. The molecule has 0 spiro atoms. The van der Waals surface area contributed by atoms with Crippen molar-refractivity contribution in [3.05, 3.63) is 76.6 Å². The normalized spacial score (nSPS) is 14.8. The van der Waals surface area contributed by atoms with E-state index in [-0.39, 0.29) is 18.1 Å². The number of ether oxygens (including phenoxy) is 1. The number of fused-ring (bicyclic) bond motifs is 1. The first-order valence-electron chi connectivity index (χ1n) is 10.9. The number of aromatic nitrogens is 1. The van der Waals surface area contributed by atoms with Crippen LogP contribution in [0.1, 0.15) is 18.4 Å². The number of rotatable bonds is 7. The molecule has 0 aliphatic carbocycles. The van der Waals surface area contributed by atoms with Crippen LogP contribution in [-0.4, -0.2) is 60.0 Å². The molecule has 6 nitrogen and oxygen atoms in total. The average Bonchev–Trinajstić information content (AvgIpc) is 2.81. The Morgan fingerprint density at radius 1 is 1.06 bits per heavy atom. The molecule has 0 radical (unpaired) electrons. The number of hydrogen-bond acceptors (Lipinski definition) is 4. The zero-order valence-corrected chi connectivity index (χ0v) is 17.9. The van der Waals surface area contributed by atoms with Gasteiger partial charge in [0.1, 0.15) is 5.75 Å². The number of carbonyl (C=O) groups is 1. The number of amides is 1. The summed E-state index contributed by atoms with van der Waals surface area (Å²) in [4.78, 5) is 31.3. The summed E-state index contributed by atoms with van der Waals surface area (Å²) in [6, 6.07) is 19.7. The number of carbonyl (C=O) groups excluding carboxylic acids is 1. The van der Waals surface area contributed by atoms with E-state index >= 15 is 0 Å². The Kier molecular flexibility index (Phi) is 6.67. The van der Waals surface area contributed by atoms with Crippen molar-refractivity contribution in [2.24, 2.45) is 0 Å². The van der Waals surface area contributed by atoms with Gasteiger partial charge >= 0.3 is 0 Å². The number of aromatic amines is 1. The van der Waals surface area contributed by atoms with Crippen LogP contribution >= 0.6 is 0 Å². The van der Waals surface area contributed by atoms with Crippen molar-refractivity contribution >= 4 is 16.8 Å². The first-order chi connectivity index (χ1) is 15.1. The standard InChI is InChI=1S/C25H29N3O3/c1-27(15-12-19-6-3-2-4-7-19)20-13-16-28(17-14-20)25(30)18-31-23-9-5-8-22-21(23)10-11-24(29)26-22/h2-11,20H,12-18H2,1H3,(H,26,29). The van der Waals surface area contributed by atoms with Gasteiger partial charge in [-0.25, -0.2) is 0 Å². The maximum absolute atomic E-state index is 12.7. The Bertz CT molecular complexity index is 1070. The van der Waals surface area contributed by atoms with Crippen LogP contribution in [-0.2, 0) is 11.2 Å². The maximum atomic E-state index is 12.7. The van der Waals surface area contributed by atoms with Gasteiger partial charge in [-0.1, -0.05) is 36.4 Å². The SMILES string of the molecule is CN(CCc1ccccc1)C1CCN(C(=O)COc2cccc3[nH]c(=O)ccc23)CC1. The number of likely N-dealkylation sites (tertiary alicyclic amines) is 1. The summed E-state index contributed by atoms with van der Waals surface area (Å²) in [6.07, 6.45) is 3.00. The van der Waals surface area contributed by atoms with E-state index in [1.165, 1.54) is 11.6 Å². The highest BCUT2D eigenvalue weighted by atomic mass is 16.5. The number of benzene rings is 2. The van der Waals surface area contributed by atoms with Crippen molar-refractivity contribution in [2.75, 3.05) is 33.3 Å². The lowest BCUT2D eigenvalue weighted by atomic mass is 10.0. The van der Waals surface area contributed by atoms with Gasteiger partial charge in [-0.3, -0.25) is 9.59 Å². The fourth-order valence-electron chi connectivity index (χ4n) is 4.20. The van der Waals surface area contributed by atoms with Crippen molar-refractivity contribution in [3.63, 3.8) is 0 Å². The number of nitrogens with zero attached hydrogens (tertiary/aromatic N) is 2. The summed E-state index contributed by atoms with van der Waals surface area (Å²) in [7, 11) is 2.18. The van der Waals surface area contributed by atoms with Crippen molar-refractivity contribution in [1.82, 2.24) is 14.8 Å². The van der Waals surface area contributed by atoms with Crippen molar-refractivity contribution in [1.29, 1.82) is 0 Å². The Balaban J connectivity index is 1.25. The van der Waals surface area contributed by atoms with Crippen LogP contribution in [0.3, 0.4) is 0 Å². The lowest BCUT2D eigenvalue weighted by Gasteiger charge is -2.36. The minimum Gasteiger partial charge on any atom is -0.483 e. The van der Waals surface area contributed by atoms with E-state index in [4.69, 9.17) is 4.74 Å². The minimum absolute atomic E-state index is 0.00631. The molecule has 1 N–H and O–H groups in total. The van der Waals surface area contributed by atoms with Crippen LogP contribution in [0.5, 0.6) is 5.75 Å². The third kappa shape index (κ3) is 5.33. The van der Waals surface area contributed by atoms with Crippen molar-refractivity contribution in [2.45, 2.75) is 25.3 Å². The third-order valence-corrected chi connectivity index (χ3v) is 6.11. The molecule has 1 saturated heterocycles. The molecule has 31 heavy (non-hydrogen) atoms. The van der Waals surface area contributed by atoms with Gasteiger partial charge in [-0.15, -0.1) is 0 Å². The molecule has 1 aromatic heterocycles. The molecule has 0 bridgehead atoms. The smallest absolute Gasteiger partial charge is 0.260 e. The monoisotopic (exact) mass is 419 g/mol. The molecule has 1 aliphatic heterocycles. The molecule has 1 amide bonds. The summed E-state index contributed by atoms with van der Waals surface area (Å²) in [6.45, 7) is 2.54. The molecule has 3 aromatic rings. The number of H-pyrrole nitrogens is 1. The van der Waals surface area contributed by atoms with Gasteiger partial charge in [0.2, 0.25) is 5.56 Å². The highest BCUT2D eigenvalue weighted by molar-refractivity contribution is 5.85. The van der Waals surface area contributed by atoms with E-state index in [1.54, 1.807) is 6.07 Å². The lowest BCUT2D eigenvalue weighted by molar-refractivity contribution is -0.134. The van der Waals surface area contributed by atoms with E-state index in [0.717, 1.165) is 44.3 Å². The second-order valence-corrected chi connectivity index (χ2v) is 8.16. The van der Waals surface area contributed by atoms with Crippen LogP contribution in [0.2, 0.25) is 0 Å². The van der Waals surface area contributed by atoms with E-state index in [2.05, 4.69) is 41.2 Å². The molecule has 6 heteroatoms. The van der Waals surface area contributed by atoms with Crippen molar-refractivity contribution < 1.29 is 9.53 Å². The quantitative estimate of drug-likeness (QED) is 0.639. The number of hydrogen-bond donors (Lipinski definition) is 1. The highest BCUT2D eigenvalue weighted by Gasteiger charge is 2.25. The average molecular weight is 420 g/mol. The zero-order chi connectivity index (χ0) is 21.6. The Morgan fingerprint density at radius 3 is 2.61 bits per heavy atom. The van der Waals surface area contributed by atoms with E-state index < -0.39 is 0 Å². The molecule has 0 unspecified atom stereocenters. The Morgan fingerprint density at radius 2 is 1.84 bits per heavy atom. The summed E-state index contributed by atoms with van der Waals surface area (Å²) in [5.41, 5.74) is 1.91. The van der Waals surface area contributed by atoms with Gasteiger partial charge in [0.15, 0.2) is 6.61 Å². The molecule has 0 atom stereocenters. The second kappa shape index (κ2) is 9.79. The lowest BCUT2D eigenvalue weighted by Crippen LogP contribution is -2.47. The van der Waals surface area contributed by atoms with E-state index in [0.29, 0.717) is 17.3 Å². The molecule has 4 rings (SSSR count). The maximum Gasteiger partial charge on any atom is 0.260 e. The van der Waals surface area contributed by atoms with Crippen LogP contribution in [0, 0.1) is 0 Å². The molecule has 1 fully saturated rings. The Hall–Kier alpha value is -3.12. The van der Waals surface area contributed by atoms with Crippen LogP contribution in [0.15, 0.2) is 65.5 Å². The van der Waals surface area contributed by atoms with Crippen molar-refractivity contribution in [3.8, 4) is 5.75 Å². The number of nitrogens with one attached hydrogen (secondary N) is 1. The molecule has 2 aromatic carbocycles. The summed E-state index contributed by atoms with van der Waals surface area (Å²) < 4.78 is 5.81. The molecule has 162 valence electrons. The van der Waals surface area contributed by atoms with E-state index in [9.17, 15) is 9.59 Å². The first-order valence-corrected chi connectivity index (χ1v) is 10.9. The predicted octanol–water partition coefficient (Wildman–Crippen LogP) is 3.07. The topological polar surface area (TPSA) is 65.6 Å². The van der Waals surface area contributed by atoms with E-state index in [1.807, 2.05) is 29.2 Å².